The van der Waals surface area contributed by atoms with E-state index in [1.807, 2.05) is 66.7 Å². The minimum Gasteiger partial charge on any atom is -0.489 e. The molecule has 0 amide bonds. The fourth-order valence-electron chi connectivity index (χ4n) is 2.54. The quantitative estimate of drug-likeness (QED) is 0.427. The Morgan fingerprint density at radius 3 is 2.15 bits per heavy atom. The van der Waals surface area contributed by atoms with Crippen molar-refractivity contribution in [3.05, 3.63) is 98.5 Å². The van der Waals surface area contributed by atoms with Crippen LogP contribution >= 0.6 is 47.2 Å². The van der Waals surface area contributed by atoms with Crippen molar-refractivity contribution in [2.24, 2.45) is 0 Å². The summed E-state index contributed by atoms with van der Waals surface area (Å²) in [6.07, 6.45) is 0. The third-order valence-electron chi connectivity index (χ3n) is 3.92. The highest BCUT2D eigenvalue weighted by Crippen LogP contribution is 2.24. The molecular weight excluding hydrogens is 424 g/mol. The van der Waals surface area contributed by atoms with Gasteiger partial charge in [-0.15, -0.1) is 12.4 Å². The summed E-state index contributed by atoms with van der Waals surface area (Å²) in [4.78, 5) is 0. The maximum absolute atomic E-state index is 6.20. The minimum atomic E-state index is 0. The van der Waals surface area contributed by atoms with E-state index in [0.717, 1.165) is 27.5 Å². The lowest BCUT2D eigenvalue weighted by Gasteiger charge is -2.13. The molecule has 0 atom stereocenters. The smallest absolute Gasteiger partial charge is 0.124 e. The summed E-state index contributed by atoms with van der Waals surface area (Å²) in [6.45, 7) is 1.76. The summed E-state index contributed by atoms with van der Waals surface area (Å²) in [5, 5.41) is 5.54. The highest BCUT2D eigenvalue weighted by atomic mass is 35.5. The normalized spacial score (nSPS) is 10.3. The summed E-state index contributed by atoms with van der Waals surface area (Å²) in [5.74, 6) is 0.802. The molecule has 3 rings (SSSR count). The van der Waals surface area contributed by atoms with Crippen molar-refractivity contribution in [2.75, 3.05) is 0 Å². The fraction of sp³-hybridized carbons (Fsp3) is 0.143. The number of hydrogen-bond donors (Lipinski definition) is 1. The van der Waals surface area contributed by atoms with Crippen LogP contribution in [0.2, 0.25) is 15.1 Å². The number of ether oxygens (including phenoxy) is 1. The topological polar surface area (TPSA) is 21.3 Å². The summed E-state index contributed by atoms with van der Waals surface area (Å²) in [6, 6.07) is 21.0. The lowest BCUT2D eigenvalue weighted by molar-refractivity contribution is 0.302. The van der Waals surface area contributed by atoms with Gasteiger partial charge >= 0.3 is 0 Å². The molecule has 2 nitrogen and oxygen atoms in total. The van der Waals surface area contributed by atoms with Crippen LogP contribution in [0.3, 0.4) is 0 Å². The van der Waals surface area contributed by atoms with Crippen LogP contribution in [0.1, 0.15) is 16.7 Å². The molecule has 0 unspecified atom stereocenters. The van der Waals surface area contributed by atoms with E-state index in [9.17, 15) is 0 Å². The molecular formula is C21H19Cl4NO. The molecule has 0 spiro atoms. The monoisotopic (exact) mass is 441 g/mol. The van der Waals surface area contributed by atoms with Gasteiger partial charge in [-0.3, -0.25) is 0 Å². The van der Waals surface area contributed by atoms with Crippen molar-refractivity contribution < 1.29 is 4.74 Å². The molecule has 6 heteroatoms. The first-order valence-corrected chi connectivity index (χ1v) is 9.35. The zero-order valence-electron chi connectivity index (χ0n) is 14.4. The van der Waals surface area contributed by atoms with Crippen LogP contribution in [-0.2, 0) is 19.7 Å². The first kappa shape index (κ1) is 21.9. The van der Waals surface area contributed by atoms with E-state index < -0.39 is 0 Å². The Balaban J connectivity index is 0.00000261. The van der Waals surface area contributed by atoms with Gasteiger partial charge in [0.15, 0.2) is 0 Å². The summed E-state index contributed by atoms with van der Waals surface area (Å²) in [5.41, 5.74) is 3.11. The molecule has 0 heterocycles. The Kier molecular flexibility index (Phi) is 8.75. The molecule has 0 aliphatic heterocycles. The lowest BCUT2D eigenvalue weighted by atomic mass is 10.1. The Bertz CT molecular complexity index is 868. The van der Waals surface area contributed by atoms with Crippen molar-refractivity contribution in [1.82, 2.24) is 5.32 Å². The average molecular weight is 443 g/mol. The second-order valence-electron chi connectivity index (χ2n) is 5.86. The first-order chi connectivity index (χ1) is 12.6. The zero-order valence-corrected chi connectivity index (χ0v) is 17.5. The Morgan fingerprint density at radius 2 is 1.41 bits per heavy atom. The number of nitrogens with one attached hydrogen (secondary N) is 1. The van der Waals surface area contributed by atoms with Gasteiger partial charge < -0.3 is 10.1 Å². The van der Waals surface area contributed by atoms with E-state index in [1.54, 1.807) is 0 Å². The summed E-state index contributed by atoms with van der Waals surface area (Å²) < 4.78 is 5.98. The van der Waals surface area contributed by atoms with Gasteiger partial charge in [-0.25, -0.2) is 0 Å². The molecule has 1 N–H and O–H groups in total. The van der Waals surface area contributed by atoms with Crippen molar-refractivity contribution in [1.29, 1.82) is 0 Å². The van der Waals surface area contributed by atoms with Gasteiger partial charge in [-0.05, 0) is 47.5 Å². The molecule has 0 radical (unpaired) electrons. The van der Waals surface area contributed by atoms with Gasteiger partial charge in [-0.1, -0.05) is 65.1 Å². The molecule has 27 heavy (non-hydrogen) atoms. The zero-order chi connectivity index (χ0) is 18.4. The SMILES string of the molecule is Cl.Clc1ccc(COc2ccc(Cl)cc2CNCc2ccccc2Cl)cc1. The van der Waals surface area contributed by atoms with E-state index in [-0.39, 0.29) is 12.4 Å². The summed E-state index contributed by atoms with van der Waals surface area (Å²) >= 11 is 18.3. The lowest BCUT2D eigenvalue weighted by Crippen LogP contribution is -2.14. The molecule has 142 valence electrons. The van der Waals surface area contributed by atoms with Crippen LogP contribution in [0.5, 0.6) is 5.75 Å². The van der Waals surface area contributed by atoms with Crippen molar-refractivity contribution in [2.45, 2.75) is 19.7 Å². The van der Waals surface area contributed by atoms with Crippen LogP contribution in [0.25, 0.3) is 0 Å². The number of hydrogen-bond acceptors (Lipinski definition) is 2. The summed E-state index contributed by atoms with van der Waals surface area (Å²) in [7, 11) is 0. The number of rotatable bonds is 7. The molecule has 0 saturated carbocycles. The molecule has 0 fully saturated rings. The molecule has 3 aromatic carbocycles. The largest absolute Gasteiger partial charge is 0.489 e. The van der Waals surface area contributed by atoms with Gasteiger partial charge in [0, 0.05) is 33.7 Å². The van der Waals surface area contributed by atoms with E-state index in [4.69, 9.17) is 39.5 Å². The number of benzene rings is 3. The molecule has 0 bridgehead atoms. The third-order valence-corrected chi connectivity index (χ3v) is 4.77. The van der Waals surface area contributed by atoms with Gasteiger partial charge in [0.05, 0.1) is 0 Å². The Labute approximate surface area is 180 Å². The predicted octanol–water partition coefficient (Wildman–Crippen LogP) is 6.94. The Hall–Kier alpha value is -1.42. The standard InChI is InChI=1S/C21H18Cl3NO.ClH/c22-18-7-5-15(6-8-18)14-26-21-10-9-19(23)11-17(21)13-25-12-16-3-1-2-4-20(16)24;/h1-11,25H,12-14H2;1H. The third kappa shape index (κ3) is 6.60. The maximum atomic E-state index is 6.20. The number of halogens is 4. The fourth-order valence-corrected chi connectivity index (χ4v) is 3.07. The van der Waals surface area contributed by atoms with Crippen LogP contribution in [0, 0.1) is 0 Å². The second kappa shape index (κ2) is 10.8. The molecule has 3 aromatic rings. The van der Waals surface area contributed by atoms with E-state index in [2.05, 4.69) is 5.32 Å². The maximum Gasteiger partial charge on any atom is 0.124 e. The molecule has 0 saturated heterocycles. The second-order valence-corrected chi connectivity index (χ2v) is 7.14. The van der Waals surface area contributed by atoms with Crippen LogP contribution < -0.4 is 10.1 Å². The average Bonchev–Trinajstić information content (AvgIpc) is 2.64. The first-order valence-electron chi connectivity index (χ1n) is 8.21. The van der Waals surface area contributed by atoms with Crippen molar-refractivity contribution >= 4 is 47.2 Å². The van der Waals surface area contributed by atoms with Crippen LogP contribution in [-0.4, -0.2) is 0 Å². The van der Waals surface area contributed by atoms with Gasteiger partial charge in [-0.2, -0.15) is 0 Å². The van der Waals surface area contributed by atoms with E-state index in [1.165, 1.54) is 0 Å². The van der Waals surface area contributed by atoms with Crippen molar-refractivity contribution in [3.8, 4) is 5.75 Å². The van der Waals surface area contributed by atoms with Crippen molar-refractivity contribution in [3.63, 3.8) is 0 Å². The highest BCUT2D eigenvalue weighted by Gasteiger charge is 2.06. The van der Waals surface area contributed by atoms with E-state index in [0.29, 0.717) is 29.7 Å². The van der Waals surface area contributed by atoms with E-state index >= 15 is 0 Å². The Morgan fingerprint density at radius 1 is 0.741 bits per heavy atom. The molecule has 0 aliphatic rings. The van der Waals surface area contributed by atoms with Gasteiger partial charge in [0.1, 0.15) is 12.4 Å². The van der Waals surface area contributed by atoms with Gasteiger partial charge in [0.25, 0.3) is 0 Å². The van der Waals surface area contributed by atoms with Gasteiger partial charge in [0.2, 0.25) is 0 Å². The van der Waals surface area contributed by atoms with Crippen LogP contribution in [0.4, 0.5) is 0 Å². The predicted molar refractivity (Wildman–Crippen MR) is 116 cm³/mol. The molecule has 0 aliphatic carbocycles. The minimum absolute atomic E-state index is 0. The highest BCUT2D eigenvalue weighted by molar-refractivity contribution is 6.31. The molecule has 0 aromatic heterocycles. The van der Waals surface area contributed by atoms with Crippen LogP contribution in [0.15, 0.2) is 66.7 Å².